The van der Waals surface area contributed by atoms with E-state index in [1.165, 1.54) is 12.8 Å². The van der Waals surface area contributed by atoms with Crippen molar-refractivity contribution in [1.29, 1.82) is 0 Å². The van der Waals surface area contributed by atoms with Crippen molar-refractivity contribution >= 4 is 0 Å². The maximum Gasteiger partial charge on any atom is 0.231 e. The summed E-state index contributed by atoms with van der Waals surface area (Å²) in [5, 5.41) is 8.59. The average molecular weight is 317 g/mol. The summed E-state index contributed by atoms with van der Waals surface area (Å²) in [6.45, 7) is 6.87. The van der Waals surface area contributed by atoms with E-state index in [1.807, 2.05) is 18.7 Å². The number of morpholine rings is 1. The first-order valence-corrected chi connectivity index (χ1v) is 8.29. The highest BCUT2D eigenvalue weighted by atomic mass is 16.5. The maximum atomic E-state index is 5.95. The molecule has 2 aliphatic rings. The number of ether oxygens (including phenoxy) is 1. The van der Waals surface area contributed by atoms with Gasteiger partial charge in [-0.2, -0.15) is 10.1 Å². The van der Waals surface area contributed by atoms with Gasteiger partial charge < -0.3 is 9.26 Å². The lowest BCUT2D eigenvalue weighted by molar-refractivity contribution is -0.0548. The summed E-state index contributed by atoms with van der Waals surface area (Å²) >= 11 is 0. The third-order valence-corrected chi connectivity index (χ3v) is 5.15. The molecule has 4 rings (SSSR count). The van der Waals surface area contributed by atoms with Crippen LogP contribution in [0.5, 0.6) is 0 Å². The number of hydrogen-bond donors (Lipinski definition) is 0. The molecule has 0 aromatic carbocycles. The summed E-state index contributed by atoms with van der Waals surface area (Å²) in [6, 6.07) is 0.582. The van der Waals surface area contributed by atoms with Crippen molar-refractivity contribution in [1.82, 2.24) is 24.8 Å². The molecule has 0 saturated carbocycles. The highest BCUT2D eigenvalue weighted by Gasteiger charge is 2.34. The molecule has 2 aliphatic heterocycles. The van der Waals surface area contributed by atoms with Crippen LogP contribution < -0.4 is 0 Å². The van der Waals surface area contributed by atoms with E-state index in [4.69, 9.17) is 9.26 Å². The van der Waals surface area contributed by atoms with Gasteiger partial charge in [-0.05, 0) is 33.2 Å². The molecule has 2 aromatic heterocycles. The molecular weight excluding hydrogens is 294 g/mol. The molecule has 0 spiro atoms. The molecular formula is C16H23N5O2. The second-order valence-electron chi connectivity index (χ2n) is 6.61. The van der Waals surface area contributed by atoms with E-state index >= 15 is 0 Å². The molecule has 23 heavy (non-hydrogen) atoms. The van der Waals surface area contributed by atoms with Gasteiger partial charge in [0.15, 0.2) is 0 Å². The molecule has 2 atom stereocenters. The fourth-order valence-electron chi connectivity index (χ4n) is 3.67. The largest absolute Gasteiger partial charge is 0.367 e. The molecule has 2 fully saturated rings. The minimum atomic E-state index is -0.0713. The van der Waals surface area contributed by atoms with Crippen LogP contribution in [0.3, 0.4) is 0 Å². The smallest absolute Gasteiger partial charge is 0.231 e. The van der Waals surface area contributed by atoms with E-state index in [-0.39, 0.29) is 6.10 Å². The molecule has 0 aliphatic carbocycles. The Balaban J connectivity index is 1.48. The predicted molar refractivity (Wildman–Crippen MR) is 83.1 cm³/mol. The average Bonchev–Trinajstić information content (AvgIpc) is 3.24. The van der Waals surface area contributed by atoms with Crippen LogP contribution in [-0.2, 0) is 18.2 Å². The molecule has 2 aromatic rings. The first-order chi connectivity index (χ1) is 11.1. The summed E-state index contributed by atoms with van der Waals surface area (Å²) in [5.74, 6) is 1.30. The lowest BCUT2D eigenvalue weighted by Crippen LogP contribution is -2.42. The van der Waals surface area contributed by atoms with E-state index in [1.54, 1.807) is 0 Å². The summed E-state index contributed by atoms with van der Waals surface area (Å²) in [5.41, 5.74) is 3.31. The Morgan fingerprint density at radius 1 is 1.30 bits per heavy atom. The Bertz CT molecular complexity index is 707. The van der Waals surface area contributed by atoms with Crippen molar-refractivity contribution in [3.05, 3.63) is 28.7 Å². The summed E-state index contributed by atoms with van der Waals surface area (Å²) in [4.78, 5) is 7.05. The molecule has 2 saturated heterocycles. The van der Waals surface area contributed by atoms with E-state index in [0.717, 1.165) is 36.6 Å². The fourth-order valence-corrected chi connectivity index (χ4v) is 3.67. The van der Waals surface area contributed by atoms with Crippen LogP contribution in [0, 0.1) is 13.8 Å². The van der Waals surface area contributed by atoms with Gasteiger partial charge in [-0.3, -0.25) is 9.58 Å². The van der Waals surface area contributed by atoms with Crippen LogP contribution in [0.1, 0.15) is 47.6 Å². The van der Waals surface area contributed by atoms with Gasteiger partial charge in [-0.25, -0.2) is 0 Å². The lowest BCUT2D eigenvalue weighted by Gasteiger charge is -2.33. The van der Waals surface area contributed by atoms with Crippen LogP contribution >= 0.6 is 0 Å². The molecule has 4 heterocycles. The van der Waals surface area contributed by atoms with Gasteiger partial charge in [0.05, 0.1) is 18.7 Å². The van der Waals surface area contributed by atoms with Crippen molar-refractivity contribution in [2.24, 2.45) is 7.05 Å². The van der Waals surface area contributed by atoms with Crippen molar-refractivity contribution in [2.75, 3.05) is 19.7 Å². The Morgan fingerprint density at radius 3 is 2.96 bits per heavy atom. The van der Waals surface area contributed by atoms with Crippen LogP contribution in [0.2, 0.25) is 0 Å². The highest BCUT2D eigenvalue weighted by Crippen LogP contribution is 2.29. The Hall–Kier alpha value is -1.73. The molecule has 0 N–H and O–H groups in total. The van der Waals surface area contributed by atoms with Gasteiger partial charge in [-0.15, -0.1) is 0 Å². The summed E-state index contributed by atoms with van der Waals surface area (Å²) in [7, 11) is 1.95. The van der Waals surface area contributed by atoms with Crippen molar-refractivity contribution < 1.29 is 9.26 Å². The first-order valence-electron chi connectivity index (χ1n) is 8.29. The minimum Gasteiger partial charge on any atom is -0.367 e. The van der Waals surface area contributed by atoms with E-state index in [2.05, 4.69) is 27.1 Å². The van der Waals surface area contributed by atoms with Gasteiger partial charge in [-0.1, -0.05) is 5.16 Å². The Morgan fingerprint density at radius 2 is 2.17 bits per heavy atom. The van der Waals surface area contributed by atoms with E-state index in [9.17, 15) is 0 Å². The third-order valence-electron chi connectivity index (χ3n) is 5.15. The van der Waals surface area contributed by atoms with Crippen LogP contribution in [0.4, 0.5) is 0 Å². The van der Waals surface area contributed by atoms with Crippen molar-refractivity contribution in [3.63, 3.8) is 0 Å². The maximum absolute atomic E-state index is 5.95. The Kier molecular flexibility index (Phi) is 3.69. The Labute approximate surface area is 135 Å². The van der Waals surface area contributed by atoms with E-state index in [0.29, 0.717) is 24.2 Å². The molecule has 0 amide bonds. The van der Waals surface area contributed by atoms with Crippen LogP contribution in [-0.4, -0.2) is 50.6 Å². The second-order valence-corrected chi connectivity index (χ2v) is 6.61. The monoisotopic (exact) mass is 317 g/mol. The van der Waals surface area contributed by atoms with Crippen LogP contribution in [0.25, 0.3) is 0 Å². The van der Waals surface area contributed by atoms with E-state index < -0.39 is 0 Å². The van der Waals surface area contributed by atoms with Gasteiger partial charge in [0, 0.05) is 30.9 Å². The standard InChI is InChI=1S/C16H23N5O2/c1-10-13(11(2)20(3)18-10)7-15-17-16(19-23-15)14-8-21-6-4-5-12(21)9-22-14/h12,14H,4-9H2,1-3H3/t12-,14+/m0/s1. The number of nitrogens with zero attached hydrogens (tertiary/aromatic N) is 5. The fraction of sp³-hybridized carbons (Fsp3) is 0.688. The number of fused-ring (bicyclic) bond motifs is 1. The number of hydrogen-bond acceptors (Lipinski definition) is 6. The van der Waals surface area contributed by atoms with Crippen molar-refractivity contribution in [3.8, 4) is 0 Å². The molecule has 0 unspecified atom stereocenters. The summed E-state index contributed by atoms with van der Waals surface area (Å²) in [6.07, 6.45) is 3.05. The highest BCUT2D eigenvalue weighted by molar-refractivity contribution is 5.27. The van der Waals surface area contributed by atoms with Crippen LogP contribution in [0.15, 0.2) is 4.52 Å². The molecule has 7 heteroatoms. The number of rotatable bonds is 3. The topological polar surface area (TPSA) is 69.2 Å². The quantitative estimate of drug-likeness (QED) is 0.855. The molecule has 0 radical (unpaired) electrons. The second kappa shape index (κ2) is 5.72. The number of aryl methyl sites for hydroxylation is 2. The molecule has 124 valence electrons. The molecule has 7 nitrogen and oxygen atoms in total. The van der Waals surface area contributed by atoms with Gasteiger partial charge in [0.2, 0.25) is 11.7 Å². The zero-order chi connectivity index (χ0) is 16.0. The number of aromatic nitrogens is 4. The summed E-state index contributed by atoms with van der Waals surface area (Å²) < 4.78 is 13.3. The third kappa shape index (κ3) is 2.68. The lowest BCUT2D eigenvalue weighted by atomic mass is 10.1. The zero-order valence-electron chi connectivity index (χ0n) is 13.9. The molecule has 0 bridgehead atoms. The van der Waals surface area contributed by atoms with Gasteiger partial charge in [0.1, 0.15) is 6.10 Å². The predicted octanol–water partition coefficient (Wildman–Crippen LogP) is 1.55. The minimum absolute atomic E-state index is 0.0713. The zero-order valence-corrected chi connectivity index (χ0v) is 13.9. The SMILES string of the molecule is Cc1nn(C)c(C)c1Cc1nc([C@H]2CN3CCC[C@H]3CO2)no1. The normalized spacial score (nSPS) is 25.0. The van der Waals surface area contributed by atoms with Gasteiger partial charge >= 0.3 is 0 Å². The van der Waals surface area contributed by atoms with Gasteiger partial charge in [0.25, 0.3) is 0 Å². The van der Waals surface area contributed by atoms with Crippen molar-refractivity contribution in [2.45, 2.75) is 45.3 Å². The first kappa shape index (κ1) is 14.8.